The highest BCUT2D eigenvalue weighted by Gasteiger charge is 2.28. The highest BCUT2D eigenvalue weighted by molar-refractivity contribution is 5.79. The molecule has 1 fully saturated rings. The molecule has 2 unspecified atom stereocenters. The van der Waals surface area contributed by atoms with Crippen LogP contribution in [0.2, 0.25) is 0 Å². The van der Waals surface area contributed by atoms with E-state index in [1.165, 1.54) is 0 Å². The van der Waals surface area contributed by atoms with Crippen LogP contribution in [-0.2, 0) is 4.79 Å². The van der Waals surface area contributed by atoms with Gasteiger partial charge in [0.1, 0.15) is 0 Å². The van der Waals surface area contributed by atoms with Crippen LogP contribution in [-0.4, -0.2) is 65.3 Å². The van der Waals surface area contributed by atoms with Crippen molar-refractivity contribution in [2.45, 2.75) is 18.6 Å². The van der Waals surface area contributed by atoms with Gasteiger partial charge >= 0.3 is 5.97 Å². The van der Waals surface area contributed by atoms with E-state index < -0.39 is 5.97 Å². The molecule has 2 N–H and O–H groups in total. The predicted molar refractivity (Wildman–Crippen MR) is 56.4 cm³/mol. The van der Waals surface area contributed by atoms with Gasteiger partial charge in [0.25, 0.3) is 0 Å². The lowest BCUT2D eigenvalue weighted by Gasteiger charge is -2.24. The third kappa shape index (κ3) is 3.89. The van der Waals surface area contributed by atoms with Gasteiger partial charge in [-0.2, -0.15) is 0 Å². The minimum Gasteiger partial charge on any atom is -0.478 e. The van der Waals surface area contributed by atoms with Gasteiger partial charge in [-0.3, -0.25) is 0 Å². The van der Waals surface area contributed by atoms with Gasteiger partial charge in [-0.1, -0.05) is 0 Å². The van der Waals surface area contributed by atoms with Gasteiger partial charge in [0.05, 0.1) is 6.10 Å². The number of nitrogens with zero attached hydrogens (tertiary/aromatic N) is 2. The van der Waals surface area contributed by atoms with Crippen LogP contribution in [0.25, 0.3) is 0 Å². The third-order valence-corrected chi connectivity index (χ3v) is 2.42. The van der Waals surface area contributed by atoms with E-state index in [-0.39, 0.29) is 12.1 Å². The zero-order valence-electron chi connectivity index (χ0n) is 9.13. The zero-order chi connectivity index (χ0) is 11.4. The number of carbonyl (C=O) groups is 1. The van der Waals surface area contributed by atoms with Crippen LogP contribution in [0.15, 0.2) is 12.3 Å². The molecule has 0 bridgehead atoms. The minimum absolute atomic E-state index is 0.200. The number of aliphatic hydroxyl groups is 1. The average Bonchev–Trinajstić information content (AvgIpc) is 2.41. The average molecular weight is 214 g/mol. The first kappa shape index (κ1) is 12.0. The van der Waals surface area contributed by atoms with Crippen molar-refractivity contribution in [3.8, 4) is 0 Å². The molecule has 2 atom stereocenters. The van der Waals surface area contributed by atoms with Crippen molar-refractivity contribution in [3.63, 3.8) is 0 Å². The van der Waals surface area contributed by atoms with Crippen LogP contribution in [0.5, 0.6) is 0 Å². The van der Waals surface area contributed by atoms with Gasteiger partial charge in [0.2, 0.25) is 0 Å². The minimum atomic E-state index is -0.958. The normalized spacial score (nSPS) is 26.8. The number of β-amino-alcohol motifs (C(OH)–C–C–N with tert-alkyl or cyclic N) is 1. The molecular formula is C10H18N2O3. The maximum Gasteiger partial charge on any atom is 0.329 e. The number of hydrogen-bond donors (Lipinski definition) is 2. The van der Waals surface area contributed by atoms with E-state index in [1.54, 1.807) is 6.20 Å². The van der Waals surface area contributed by atoms with Crippen LogP contribution in [0.3, 0.4) is 0 Å². The van der Waals surface area contributed by atoms with Gasteiger partial charge in [-0.25, -0.2) is 4.79 Å². The van der Waals surface area contributed by atoms with Gasteiger partial charge < -0.3 is 20.0 Å². The summed E-state index contributed by atoms with van der Waals surface area (Å²) in [6, 6.07) is 0.200. The molecule has 0 saturated carbocycles. The summed E-state index contributed by atoms with van der Waals surface area (Å²) in [4.78, 5) is 14.3. The standard InChI is InChI=1S/C10H18N2O3/c1-11(2)6-8-5-9(13)7-12(8)4-3-10(14)15/h3-4,8-9,13H,5-7H2,1-2H3,(H,14,15). The fourth-order valence-corrected chi connectivity index (χ4v) is 1.86. The first-order valence-corrected chi connectivity index (χ1v) is 4.98. The van der Waals surface area contributed by atoms with Gasteiger partial charge in [-0.15, -0.1) is 0 Å². The number of carboxylic acid groups (broad SMARTS) is 1. The second-order valence-corrected chi connectivity index (χ2v) is 4.16. The van der Waals surface area contributed by atoms with E-state index in [4.69, 9.17) is 5.11 Å². The SMILES string of the molecule is CN(C)CC1CC(O)CN1C=CC(=O)O. The van der Waals surface area contributed by atoms with E-state index in [0.717, 1.165) is 12.6 Å². The summed E-state index contributed by atoms with van der Waals surface area (Å²) in [5.74, 6) is -0.958. The topological polar surface area (TPSA) is 64.0 Å². The Bertz CT molecular complexity index is 253. The van der Waals surface area contributed by atoms with Crippen LogP contribution >= 0.6 is 0 Å². The summed E-state index contributed by atoms with van der Waals surface area (Å²) < 4.78 is 0. The van der Waals surface area contributed by atoms with E-state index in [2.05, 4.69) is 0 Å². The van der Waals surface area contributed by atoms with Crippen molar-refractivity contribution in [2.75, 3.05) is 27.2 Å². The molecule has 0 spiro atoms. The largest absolute Gasteiger partial charge is 0.478 e. The monoisotopic (exact) mass is 214 g/mol. The molecule has 0 aromatic carbocycles. The van der Waals surface area contributed by atoms with Crippen molar-refractivity contribution in [3.05, 3.63) is 12.3 Å². The Labute approximate surface area is 89.6 Å². The van der Waals surface area contributed by atoms with Gasteiger partial charge in [-0.05, 0) is 20.5 Å². The Kier molecular flexibility index (Phi) is 4.11. The fraction of sp³-hybridized carbons (Fsp3) is 0.700. The summed E-state index contributed by atoms with van der Waals surface area (Å²) in [5.41, 5.74) is 0. The lowest BCUT2D eigenvalue weighted by Crippen LogP contribution is -2.34. The van der Waals surface area contributed by atoms with Crippen molar-refractivity contribution < 1.29 is 15.0 Å². The second-order valence-electron chi connectivity index (χ2n) is 4.16. The molecule has 5 nitrogen and oxygen atoms in total. The number of hydrogen-bond acceptors (Lipinski definition) is 4. The molecule has 0 aromatic heterocycles. The Morgan fingerprint density at radius 2 is 2.27 bits per heavy atom. The van der Waals surface area contributed by atoms with Crippen molar-refractivity contribution in [2.24, 2.45) is 0 Å². The molecule has 15 heavy (non-hydrogen) atoms. The Hall–Kier alpha value is -1.07. The van der Waals surface area contributed by atoms with E-state index >= 15 is 0 Å². The first-order valence-electron chi connectivity index (χ1n) is 4.98. The molecule has 0 radical (unpaired) electrons. The lowest BCUT2D eigenvalue weighted by molar-refractivity contribution is -0.131. The highest BCUT2D eigenvalue weighted by Crippen LogP contribution is 2.18. The lowest BCUT2D eigenvalue weighted by atomic mass is 10.2. The van der Waals surface area contributed by atoms with Crippen LogP contribution in [0, 0.1) is 0 Å². The molecule has 1 saturated heterocycles. The Balaban J connectivity index is 2.56. The molecule has 1 heterocycles. The summed E-state index contributed by atoms with van der Waals surface area (Å²) >= 11 is 0. The molecule has 0 aromatic rings. The van der Waals surface area contributed by atoms with Crippen LogP contribution < -0.4 is 0 Å². The third-order valence-electron chi connectivity index (χ3n) is 2.42. The number of aliphatic carboxylic acids is 1. The second kappa shape index (κ2) is 5.14. The Morgan fingerprint density at radius 3 is 2.80 bits per heavy atom. The van der Waals surface area contributed by atoms with E-state index in [1.807, 2.05) is 23.9 Å². The molecule has 0 aliphatic carbocycles. The van der Waals surface area contributed by atoms with Crippen LogP contribution in [0.1, 0.15) is 6.42 Å². The molecule has 86 valence electrons. The summed E-state index contributed by atoms with van der Waals surface area (Å²) in [7, 11) is 3.92. The van der Waals surface area contributed by atoms with Crippen molar-refractivity contribution >= 4 is 5.97 Å². The van der Waals surface area contributed by atoms with Crippen molar-refractivity contribution in [1.82, 2.24) is 9.80 Å². The van der Waals surface area contributed by atoms with E-state index in [0.29, 0.717) is 13.0 Å². The quantitative estimate of drug-likeness (QED) is 0.622. The maximum atomic E-state index is 10.4. The van der Waals surface area contributed by atoms with Crippen molar-refractivity contribution in [1.29, 1.82) is 0 Å². The molecule has 0 amide bonds. The number of likely N-dealkylation sites (tertiary alicyclic amines) is 1. The number of aliphatic hydroxyl groups excluding tert-OH is 1. The maximum absolute atomic E-state index is 10.4. The molecule has 1 aliphatic rings. The molecular weight excluding hydrogens is 196 g/mol. The van der Waals surface area contributed by atoms with E-state index in [9.17, 15) is 9.90 Å². The number of rotatable bonds is 4. The Morgan fingerprint density at radius 1 is 1.60 bits per heavy atom. The molecule has 1 aliphatic heterocycles. The number of likely N-dealkylation sites (N-methyl/N-ethyl adjacent to an activating group) is 1. The first-order chi connectivity index (χ1) is 6.99. The predicted octanol–water partition coefficient (Wildman–Crippen LogP) is -0.418. The van der Waals surface area contributed by atoms with Gasteiger partial charge in [0.15, 0.2) is 0 Å². The molecule has 1 rings (SSSR count). The summed E-state index contributed by atoms with van der Waals surface area (Å²) in [6.07, 6.45) is 3.00. The van der Waals surface area contributed by atoms with Gasteiger partial charge in [0, 0.05) is 31.4 Å². The smallest absolute Gasteiger partial charge is 0.329 e. The highest BCUT2D eigenvalue weighted by atomic mass is 16.4. The number of carboxylic acids is 1. The fourth-order valence-electron chi connectivity index (χ4n) is 1.86. The zero-order valence-corrected chi connectivity index (χ0v) is 9.13. The van der Waals surface area contributed by atoms with Crippen LogP contribution in [0.4, 0.5) is 0 Å². The summed E-state index contributed by atoms with van der Waals surface area (Å²) in [6.45, 7) is 1.34. The molecule has 5 heteroatoms. The summed E-state index contributed by atoms with van der Waals surface area (Å²) in [5, 5.41) is 18.0.